The predicted octanol–water partition coefficient (Wildman–Crippen LogP) is 4.00. The van der Waals surface area contributed by atoms with Gasteiger partial charge in [0.2, 0.25) is 0 Å². The third-order valence-electron chi connectivity index (χ3n) is 8.12. The molecule has 8 nitrogen and oxygen atoms in total. The number of amides is 1. The first-order valence-electron chi connectivity index (χ1n) is 13.0. The average Bonchev–Trinajstić information content (AvgIpc) is 3.84. The molecule has 0 radical (unpaired) electrons. The molecule has 1 N–H and O–H groups in total. The molecule has 1 aliphatic heterocycles. The number of benzene rings is 2. The van der Waals surface area contributed by atoms with E-state index in [0.29, 0.717) is 23.7 Å². The summed E-state index contributed by atoms with van der Waals surface area (Å²) in [7, 11) is 3.60. The Hall–Kier alpha value is -3.65. The number of fused-ring (bicyclic) bond motifs is 2. The van der Waals surface area contributed by atoms with Gasteiger partial charge in [-0.3, -0.25) is 4.79 Å². The topological polar surface area (TPSA) is 85.7 Å². The average molecular weight is 501 g/mol. The van der Waals surface area contributed by atoms with Gasteiger partial charge in [-0.1, -0.05) is 12.1 Å². The van der Waals surface area contributed by atoms with Gasteiger partial charge in [0, 0.05) is 35.2 Å². The predicted molar refractivity (Wildman–Crippen MR) is 140 cm³/mol. The van der Waals surface area contributed by atoms with Gasteiger partial charge in [-0.2, -0.15) is 5.10 Å². The van der Waals surface area contributed by atoms with E-state index in [1.54, 1.807) is 18.7 Å². The molecule has 2 aromatic carbocycles. The van der Waals surface area contributed by atoms with Crippen molar-refractivity contribution in [3.8, 4) is 11.4 Å². The summed E-state index contributed by atoms with van der Waals surface area (Å²) in [6.07, 6.45) is 4.15. The summed E-state index contributed by atoms with van der Waals surface area (Å²) in [5.74, 6) is 0.0615. The number of anilines is 1. The van der Waals surface area contributed by atoms with Crippen molar-refractivity contribution in [3.63, 3.8) is 0 Å². The number of ether oxygens (including phenoxy) is 2. The molecule has 8 heteroatoms. The highest BCUT2D eigenvalue weighted by Crippen LogP contribution is 2.55. The molecule has 192 valence electrons. The number of nitrogens with zero attached hydrogens (tertiary/aromatic N) is 3. The van der Waals surface area contributed by atoms with Crippen molar-refractivity contribution in [2.45, 2.75) is 43.4 Å². The summed E-state index contributed by atoms with van der Waals surface area (Å²) in [4.78, 5) is 29.0. The van der Waals surface area contributed by atoms with Crippen molar-refractivity contribution in [1.29, 1.82) is 0 Å². The van der Waals surface area contributed by atoms with Crippen LogP contribution in [0.1, 0.15) is 64.7 Å². The standard InChI is InChI=1S/C29H32N4O4/c1-4-37-27(35)24-23-25(33(31-24)21-9-11-22(36-3)12-10-21)26(34)32(18-29(23)15-16-29)20-7-5-19(6-8-20)28(13-14-28)17-30-2/h5-12,30H,4,13-18H2,1-3H3. The molecule has 1 spiro atoms. The molecule has 37 heavy (non-hydrogen) atoms. The minimum atomic E-state index is -0.484. The van der Waals surface area contributed by atoms with Crippen molar-refractivity contribution in [1.82, 2.24) is 15.1 Å². The molecule has 1 aromatic heterocycles. The number of hydrogen-bond acceptors (Lipinski definition) is 6. The van der Waals surface area contributed by atoms with Crippen LogP contribution >= 0.6 is 0 Å². The van der Waals surface area contributed by atoms with E-state index in [1.807, 2.05) is 36.2 Å². The maximum absolute atomic E-state index is 14.1. The number of hydrogen-bond donors (Lipinski definition) is 1. The highest BCUT2D eigenvalue weighted by molar-refractivity contribution is 6.10. The number of rotatable bonds is 8. The van der Waals surface area contributed by atoms with Crippen LogP contribution in [0.25, 0.3) is 5.69 Å². The van der Waals surface area contributed by atoms with Crippen LogP contribution in [-0.4, -0.2) is 55.5 Å². The molecule has 2 fully saturated rings. The smallest absolute Gasteiger partial charge is 0.359 e. The summed E-state index contributed by atoms with van der Waals surface area (Å²) < 4.78 is 12.3. The lowest BCUT2D eigenvalue weighted by Gasteiger charge is -2.33. The van der Waals surface area contributed by atoms with Gasteiger partial charge in [0.1, 0.15) is 11.4 Å². The Morgan fingerprint density at radius 2 is 1.70 bits per heavy atom. The number of carbonyl (C=O) groups excluding carboxylic acids is 2. The third kappa shape index (κ3) is 3.82. The lowest BCUT2D eigenvalue weighted by molar-refractivity contribution is 0.0516. The fourth-order valence-corrected chi connectivity index (χ4v) is 5.77. The number of aromatic nitrogens is 2. The highest BCUT2D eigenvalue weighted by atomic mass is 16.5. The molecule has 3 aromatic rings. The minimum Gasteiger partial charge on any atom is -0.497 e. The van der Waals surface area contributed by atoms with Gasteiger partial charge in [0.05, 0.1) is 19.4 Å². The van der Waals surface area contributed by atoms with Crippen molar-refractivity contribution in [3.05, 3.63) is 71.0 Å². The van der Waals surface area contributed by atoms with E-state index >= 15 is 0 Å². The van der Waals surface area contributed by atoms with E-state index in [9.17, 15) is 9.59 Å². The molecule has 1 amide bonds. The molecule has 6 rings (SSSR count). The van der Waals surface area contributed by atoms with Gasteiger partial charge in [0.15, 0.2) is 5.69 Å². The molecule has 2 aliphatic carbocycles. The van der Waals surface area contributed by atoms with Gasteiger partial charge in [0.25, 0.3) is 5.91 Å². The van der Waals surface area contributed by atoms with Crippen LogP contribution in [0.5, 0.6) is 5.75 Å². The van der Waals surface area contributed by atoms with E-state index in [1.165, 1.54) is 18.4 Å². The van der Waals surface area contributed by atoms with E-state index in [-0.39, 0.29) is 29.0 Å². The SMILES string of the molecule is CCOC(=O)c1nn(-c2ccc(OC)cc2)c2c1C1(CC1)CN(c1ccc(C3(CNC)CC3)cc1)C2=O. The fourth-order valence-electron chi connectivity index (χ4n) is 5.77. The summed E-state index contributed by atoms with van der Waals surface area (Å²) in [6.45, 7) is 3.51. The first-order valence-corrected chi connectivity index (χ1v) is 13.0. The quantitative estimate of drug-likeness (QED) is 0.471. The van der Waals surface area contributed by atoms with Crippen molar-refractivity contribution >= 4 is 17.6 Å². The summed E-state index contributed by atoms with van der Waals surface area (Å²) in [5.41, 5.74) is 4.20. The Bertz CT molecular complexity index is 1350. The van der Waals surface area contributed by atoms with Crippen molar-refractivity contribution < 1.29 is 19.1 Å². The zero-order chi connectivity index (χ0) is 25.8. The maximum Gasteiger partial charge on any atom is 0.359 e. The van der Waals surface area contributed by atoms with Gasteiger partial charge in [-0.05, 0) is 81.6 Å². The lowest BCUT2D eigenvalue weighted by Crippen LogP contribution is -2.44. The Morgan fingerprint density at radius 3 is 2.27 bits per heavy atom. The van der Waals surface area contributed by atoms with E-state index in [2.05, 4.69) is 34.7 Å². The number of nitrogens with one attached hydrogen (secondary N) is 1. The maximum atomic E-state index is 14.1. The zero-order valence-electron chi connectivity index (χ0n) is 21.5. The van der Waals surface area contributed by atoms with Gasteiger partial charge < -0.3 is 19.7 Å². The second-order valence-corrected chi connectivity index (χ2v) is 10.4. The van der Waals surface area contributed by atoms with Crippen LogP contribution in [0.3, 0.4) is 0 Å². The second kappa shape index (κ2) is 8.73. The number of methoxy groups -OCH3 is 1. The number of esters is 1. The summed E-state index contributed by atoms with van der Waals surface area (Å²) >= 11 is 0. The van der Waals surface area contributed by atoms with E-state index in [0.717, 1.165) is 30.6 Å². The third-order valence-corrected chi connectivity index (χ3v) is 8.12. The van der Waals surface area contributed by atoms with Crippen LogP contribution in [-0.2, 0) is 15.6 Å². The van der Waals surface area contributed by atoms with Crippen LogP contribution in [0, 0.1) is 0 Å². The molecule has 0 atom stereocenters. The number of likely N-dealkylation sites (N-methyl/N-ethyl adjacent to an activating group) is 1. The lowest BCUT2D eigenvalue weighted by atomic mass is 9.88. The largest absolute Gasteiger partial charge is 0.497 e. The normalized spacial score (nSPS) is 18.5. The van der Waals surface area contributed by atoms with Crippen molar-refractivity contribution in [2.75, 3.05) is 38.8 Å². The Kier molecular flexibility index (Phi) is 5.60. The van der Waals surface area contributed by atoms with Crippen LogP contribution in [0.15, 0.2) is 48.5 Å². The van der Waals surface area contributed by atoms with Crippen LogP contribution in [0.2, 0.25) is 0 Å². The first kappa shape index (κ1) is 23.7. The molecule has 2 heterocycles. The first-order chi connectivity index (χ1) is 17.9. The molecule has 2 saturated carbocycles. The number of carbonyl (C=O) groups is 2. The molecule has 3 aliphatic rings. The Balaban J connectivity index is 1.43. The molecular weight excluding hydrogens is 468 g/mol. The monoisotopic (exact) mass is 500 g/mol. The molecular formula is C29H32N4O4. The molecule has 0 unspecified atom stereocenters. The molecule has 0 saturated heterocycles. The van der Waals surface area contributed by atoms with Gasteiger partial charge in [-0.15, -0.1) is 0 Å². The van der Waals surface area contributed by atoms with Crippen LogP contribution in [0.4, 0.5) is 5.69 Å². The minimum absolute atomic E-state index is 0.157. The fraction of sp³-hybridized carbons (Fsp3) is 0.414. The van der Waals surface area contributed by atoms with E-state index < -0.39 is 5.97 Å². The Morgan fingerprint density at radius 1 is 1.03 bits per heavy atom. The van der Waals surface area contributed by atoms with Gasteiger partial charge in [-0.25, -0.2) is 9.48 Å². The zero-order valence-corrected chi connectivity index (χ0v) is 21.5. The van der Waals surface area contributed by atoms with Crippen molar-refractivity contribution in [2.24, 2.45) is 0 Å². The Labute approximate surface area is 216 Å². The molecule has 0 bridgehead atoms. The van der Waals surface area contributed by atoms with Crippen LogP contribution < -0.4 is 15.0 Å². The van der Waals surface area contributed by atoms with E-state index in [4.69, 9.17) is 9.47 Å². The summed E-state index contributed by atoms with van der Waals surface area (Å²) in [5, 5.41) is 7.99. The van der Waals surface area contributed by atoms with Gasteiger partial charge >= 0.3 is 5.97 Å². The highest BCUT2D eigenvalue weighted by Gasteiger charge is 2.56. The second-order valence-electron chi connectivity index (χ2n) is 10.4. The summed E-state index contributed by atoms with van der Waals surface area (Å²) in [6, 6.07) is 15.8.